The molecular weight excluding hydrogens is 898 g/mol. The molecule has 55 heavy (non-hydrogen) atoms. The first-order valence-corrected chi connectivity index (χ1v) is 16.9. The van der Waals surface area contributed by atoms with Gasteiger partial charge in [-0.2, -0.15) is 26.3 Å². The summed E-state index contributed by atoms with van der Waals surface area (Å²) in [6.07, 6.45) is -5.94. The predicted octanol–water partition coefficient (Wildman–Crippen LogP) is 12.3. The molecule has 6 aromatic rings. The summed E-state index contributed by atoms with van der Waals surface area (Å²) in [6, 6.07) is 24.8. The fourth-order valence-corrected chi connectivity index (χ4v) is 6.70. The van der Waals surface area contributed by atoms with E-state index in [1.807, 2.05) is 65.8 Å². The van der Waals surface area contributed by atoms with E-state index in [1.165, 1.54) is 38.7 Å². The van der Waals surface area contributed by atoms with Gasteiger partial charge in [-0.25, -0.2) is 0 Å². The van der Waals surface area contributed by atoms with E-state index < -0.39 is 23.5 Å². The molecule has 0 fully saturated rings. The maximum Gasteiger partial charge on any atom is 2.00 e. The van der Waals surface area contributed by atoms with Crippen LogP contribution in [0.4, 0.5) is 26.3 Å². The van der Waals surface area contributed by atoms with E-state index in [9.17, 15) is 26.3 Å². The van der Waals surface area contributed by atoms with Gasteiger partial charge in [-0.3, -0.25) is 0 Å². The Labute approximate surface area is 331 Å². The minimum absolute atomic E-state index is 0. The molecule has 4 nitrogen and oxygen atoms in total. The van der Waals surface area contributed by atoms with E-state index in [2.05, 4.69) is 22.1 Å². The third kappa shape index (κ3) is 9.84. The second kappa shape index (κ2) is 17.2. The molecule has 0 aliphatic rings. The number of hydrogen-bond acceptors (Lipinski definition) is 4. The van der Waals surface area contributed by atoms with Crippen LogP contribution in [0.5, 0.6) is 11.5 Å². The van der Waals surface area contributed by atoms with Crippen LogP contribution in [0, 0.1) is 53.7 Å². The smallest absolute Gasteiger partial charge is 0.497 e. The molecule has 288 valence electrons. The van der Waals surface area contributed by atoms with Crippen LogP contribution < -0.4 is 9.47 Å². The number of alkyl halides is 6. The molecule has 2 aromatic heterocycles. The fourth-order valence-electron chi connectivity index (χ4n) is 6.70. The van der Waals surface area contributed by atoms with Gasteiger partial charge in [-0.1, -0.05) is 79.9 Å². The topological polar surface area (TPSA) is 44.2 Å². The maximum atomic E-state index is 13.3. The Morgan fingerprint density at radius 3 is 1.11 bits per heavy atom. The number of benzene rings is 4. The summed E-state index contributed by atoms with van der Waals surface area (Å²) in [5, 5.41) is 0. The van der Waals surface area contributed by atoms with Crippen molar-refractivity contribution in [3.05, 3.63) is 142 Å². The molecule has 0 spiro atoms. The van der Waals surface area contributed by atoms with Crippen LogP contribution in [0.1, 0.15) is 44.5 Å². The fraction of sp³-hybridized carbons (Fsp3) is 0.227. The van der Waals surface area contributed by atoms with Crippen LogP contribution in [0.3, 0.4) is 0 Å². The van der Waals surface area contributed by atoms with Crippen molar-refractivity contribution in [2.75, 3.05) is 14.2 Å². The number of pyridine rings is 2. The molecule has 6 rings (SSSR count). The maximum absolute atomic E-state index is 13.3. The van der Waals surface area contributed by atoms with Crippen LogP contribution >= 0.6 is 0 Å². The first kappa shape index (κ1) is 42.8. The van der Waals surface area contributed by atoms with Crippen LogP contribution in [-0.2, 0) is 33.4 Å². The minimum Gasteiger partial charge on any atom is -0.497 e. The molecule has 0 aliphatic carbocycles. The Balaban J connectivity index is 0.000000240. The minimum atomic E-state index is -4.48. The van der Waals surface area contributed by atoms with Gasteiger partial charge < -0.3 is 19.4 Å². The number of halogens is 6. The van der Waals surface area contributed by atoms with E-state index >= 15 is 0 Å². The normalized spacial score (nSPS) is 11.3. The summed E-state index contributed by atoms with van der Waals surface area (Å²) in [5.41, 5.74) is 9.01. The summed E-state index contributed by atoms with van der Waals surface area (Å²) >= 11 is 0. The van der Waals surface area contributed by atoms with E-state index in [0.29, 0.717) is 45.1 Å². The molecule has 0 radical (unpaired) electrons. The number of aromatic nitrogens is 2. The summed E-state index contributed by atoms with van der Waals surface area (Å²) in [7, 11) is 3.01. The molecule has 0 unspecified atom stereocenters. The van der Waals surface area contributed by atoms with Gasteiger partial charge in [0.05, 0.1) is 14.2 Å². The Morgan fingerprint density at radius 1 is 0.491 bits per heavy atom. The van der Waals surface area contributed by atoms with Crippen molar-refractivity contribution in [3.8, 4) is 56.3 Å². The average molecular weight is 936 g/mol. The number of rotatable bonds is 6. The molecule has 4 aromatic carbocycles. The molecule has 0 amide bonds. The van der Waals surface area contributed by atoms with Gasteiger partial charge in [0.2, 0.25) is 0 Å². The second-order valence-corrected chi connectivity index (χ2v) is 13.0. The summed E-state index contributed by atoms with van der Waals surface area (Å²) in [4.78, 5) is 8.53. The van der Waals surface area contributed by atoms with E-state index in [-0.39, 0.29) is 21.1 Å². The van der Waals surface area contributed by atoms with Crippen LogP contribution in [0.2, 0.25) is 0 Å². The van der Waals surface area contributed by atoms with Crippen molar-refractivity contribution in [1.82, 2.24) is 9.97 Å². The van der Waals surface area contributed by atoms with Gasteiger partial charge in [0, 0.05) is 12.4 Å². The standard InChI is InChI=1S/2C22H19F3NO.Pt/c2*1-13-9-14(2)21(15(3)10-13)18-6-5-16(22(23,24)25)11-19(18)20-12-17(27-4)7-8-26-20;/h2*5-10,12H,1-4H3;/q2*-1;+2. The first-order chi connectivity index (χ1) is 25.4. The van der Waals surface area contributed by atoms with Crippen molar-refractivity contribution in [1.29, 1.82) is 0 Å². The molecule has 0 aliphatic heterocycles. The average Bonchev–Trinajstić information content (AvgIpc) is 3.10. The molecule has 0 atom stereocenters. The van der Waals surface area contributed by atoms with E-state index in [4.69, 9.17) is 9.47 Å². The molecule has 0 bridgehead atoms. The van der Waals surface area contributed by atoms with Gasteiger partial charge in [0.15, 0.2) is 0 Å². The molecule has 11 heteroatoms. The third-order valence-electron chi connectivity index (χ3n) is 8.84. The Morgan fingerprint density at radius 2 is 0.818 bits per heavy atom. The number of ether oxygens (including phenoxy) is 2. The molecule has 2 heterocycles. The second-order valence-electron chi connectivity index (χ2n) is 13.0. The van der Waals surface area contributed by atoms with Crippen molar-refractivity contribution >= 4 is 0 Å². The summed E-state index contributed by atoms with van der Waals surface area (Å²) < 4.78 is 90.2. The zero-order valence-corrected chi connectivity index (χ0v) is 33.7. The monoisotopic (exact) mass is 935 g/mol. The van der Waals surface area contributed by atoms with Gasteiger partial charge in [-0.15, -0.1) is 47.5 Å². The van der Waals surface area contributed by atoms with Crippen LogP contribution in [-0.4, -0.2) is 24.2 Å². The van der Waals surface area contributed by atoms with Crippen molar-refractivity contribution in [3.63, 3.8) is 0 Å². The Kier molecular flexibility index (Phi) is 13.4. The largest absolute Gasteiger partial charge is 2.00 e. The van der Waals surface area contributed by atoms with Gasteiger partial charge >= 0.3 is 33.4 Å². The van der Waals surface area contributed by atoms with Crippen molar-refractivity contribution in [2.24, 2.45) is 0 Å². The number of nitrogens with zero attached hydrogens (tertiary/aromatic N) is 2. The quantitative estimate of drug-likeness (QED) is 0.123. The Hall–Kier alpha value is -4.95. The number of methoxy groups -OCH3 is 2. The predicted molar refractivity (Wildman–Crippen MR) is 199 cm³/mol. The van der Waals surface area contributed by atoms with Crippen LogP contribution in [0.25, 0.3) is 44.8 Å². The van der Waals surface area contributed by atoms with E-state index in [0.717, 1.165) is 56.6 Å². The molecule has 0 saturated carbocycles. The summed E-state index contributed by atoms with van der Waals surface area (Å²) in [6.45, 7) is 11.8. The first-order valence-electron chi connectivity index (χ1n) is 16.9. The zero-order valence-electron chi connectivity index (χ0n) is 31.4. The van der Waals surface area contributed by atoms with Gasteiger partial charge in [0.25, 0.3) is 0 Å². The third-order valence-corrected chi connectivity index (χ3v) is 8.84. The summed E-state index contributed by atoms with van der Waals surface area (Å²) in [5.74, 6) is 1.04. The molecular formula is C44H38F6N2O2Pt. The van der Waals surface area contributed by atoms with Crippen LogP contribution in [0.15, 0.2) is 85.2 Å². The van der Waals surface area contributed by atoms with Crippen molar-refractivity contribution < 1.29 is 56.9 Å². The van der Waals surface area contributed by atoms with Gasteiger partial charge in [0.1, 0.15) is 11.5 Å². The zero-order chi connectivity index (χ0) is 39.5. The van der Waals surface area contributed by atoms with E-state index in [1.54, 1.807) is 24.3 Å². The number of hydrogen-bond donors (Lipinski definition) is 0. The molecule has 0 saturated heterocycles. The SMILES string of the molecule is COc1ccnc(-c2[c-]c(C(F)(F)F)ccc2-c2c(C)cc(C)cc2C)c1.COc1ccnc(-c2[c-]c(C(F)(F)F)ccc2-c2c(C)cc(C)cc2C)c1.[Pt+2]. The number of aryl methyl sites for hydroxylation is 6. The molecule has 0 N–H and O–H groups in total. The van der Waals surface area contributed by atoms with Crippen molar-refractivity contribution in [2.45, 2.75) is 53.9 Å². The Bertz CT molecular complexity index is 2110. The van der Waals surface area contributed by atoms with Gasteiger partial charge in [-0.05, 0) is 88.3 Å².